The van der Waals surface area contributed by atoms with Crippen molar-refractivity contribution in [3.05, 3.63) is 29.8 Å². The van der Waals surface area contributed by atoms with Crippen LogP contribution in [-0.4, -0.2) is 53.2 Å². The van der Waals surface area contributed by atoms with Crippen LogP contribution in [-0.2, 0) is 5.41 Å². The summed E-state index contributed by atoms with van der Waals surface area (Å²) >= 11 is 0. The van der Waals surface area contributed by atoms with Gasteiger partial charge in [0.1, 0.15) is 11.6 Å². The zero-order valence-electron chi connectivity index (χ0n) is 16.6. The van der Waals surface area contributed by atoms with Crippen LogP contribution >= 0.6 is 0 Å². The second-order valence-electron chi connectivity index (χ2n) is 8.37. The van der Waals surface area contributed by atoms with Crippen LogP contribution in [0.5, 0.6) is 5.88 Å². The lowest BCUT2D eigenvalue weighted by Crippen LogP contribution is -2.47. The summed E-state index contributed by atoms with van der Waals surface area (Å²) in [7, 11) is 1.63. The number of hydrogen-bond acceptors (Lipinski definition) is 7. The van der Waals surface area contributed by atoms with Gasteiger partial charge >= 0.3 is 0 Å². The van der Waals surface area contributed by atoms with Crippen molar-refractivity contribution in [3.8, 4) is 5.88 Å². The number of rotatable bonds is 4. The Labute approximate surface area is 160 Å². The molecule has 1 saturated heterocycles. The van der Waals surface area contributed by atoms with Gasteiger partial charge in [-0.1, -0.05) is 20.8 Å². The van der Waals surface area contributed by atoms with Crippen molar-refractivity contribution < 1.29 is 4.74 Å². The van der Waals surface area contributed by atoms with E-state index in [0.717, 1.165) is 49.5 Å². The number of nitrogens with zero attached hydrogens (tertiary/aromatic N) is 6. The maximum Gasteiger partial charge on any atom is 0.228 e. The fourth-order valence-electron chi connectivity index (χ4n) is 3.26. The Kier molecular flexibility index (Phi) is 4.61. The van der Waals surface area contributed by atoms with Gasteiger partial charge in [-0.05, 0) is 12.8 Å². The van der Waals surface area contributed by atoms with E-state index in [1.807, 2.05) is 0 Å². The number of anilines is 2. The molecule has 0 unspecified atom stereocenters. The number of piperazine rings is 1. The SMILES string of the molecule is COc1ccnc(N2CCN(c3cc(C(C)(C)C)nc(C4CC4)n3)CC2)n1. The van der Waals surface area contributed by atoms with E-state index in [9.17, 15) is 0 Å². The van der Waals surface area contributed by atoms with E-state index in [-0.39, 0.29) is 5.41 Å². The predicted molar refractivity (Wildman–Crippen MR) is 106 cm³/mol. The van der Waals surface area contributed by atoms with Crippen LogP contribution < -0.4 is 14.5 Å². The fraction of sp³-hybridized carbons (Fsp3) is 0.600. The average Bonchev–Trinajstić information content (AvgIpc) is 3.52. The summed E-state index contributed by atoms with van der Waals surface area (Å²) in [4.78, 5) is 23.2. The number of ether oxygens (including phenoxy) is 1. The van der Waals surface area contributed by atoms with Gasteiger partial charge in [0.2, 0.25) is 11.8 Å². The van der Waals surface area contributed by atoms with Crippen molar-refractivity contribution >= 4 is 11.8 Å². The van der Waals surface area contributed by atoms with Crippen LogP contribution in [0.4, 0.5) is 11.8 Å². The summed E-state index contributed by atoms with van der Waals surface area (Å²) in [5.74, 6) is 3.96. The van der Waals surface area contributed by atoms with E-state index in [1.54, 1.807) is 19.4 Å². The Hall–Kier alpha value is -2.44. The molecule has 0 bridgehead atoms. The second-order valence-corrected chi connectivity index (χ2v) is 8.37. The Morgan fingerprint density at radius 1 is 1.00 bits per heavy atom. The molecule has 1 aliphatic carbocycles. The van der Waals surface area contributed by atoms with Crippen molar-refractivity contribution in [1.29, 1.82) is 0 Å². The molecule has 2 fully saturated rings. The maximum absolute atomic E-state index is 5.22. The van der Waals surface area contributed by atoms with E-state index >= 15 is 0 Å². The minimum atomic E-state index is 0.0254. The van der Waals surface area contributed by atoms with Crippen molar-refractivity contribution in [2.24, 2.45) is 0 Å². The first-order chi connectivity index (χ1) is 12.9. The highest BCUT2D eigenvalue weighted by Crippen LogP contribution is 2.39. The molecule has 3 heterocycles. The van der Waals surface area contributed by atoms with E-state index in [2.05, 4.69) is 46.6 Å². The standard InChI is InChI=1S/C20H28N6O/c1-20(2,3)15-13-16(23-18(22-15)14-5-6-14)25-9-11-26(12-10-25)19-21-8-7-17(24-19)27-4/h7-8,13-14H,5-6,9-12H2,1-4H3. The van der Waals surface area contributed by atoms with Crippen molar-refractivity contribution in [3.63, 3.8) is 0 Å². The molecular formula is C20H28N6O. The van der Waals surface area contributed by atoms with Crippen LogP contribution in [0.25, 0.3) is 0 Å². The summed E-state index contributed by atoms with van der Waals surface area (Å²) in [5.41, 5.74) is 1.16. The van der Waals surface area contributed by atoms with Gasteiger partial charge in [-0.3, -0.25) is 0 Å². The lowest BCUT2D eigenvalue weighted by Gasteiger charge is -2.36. The lowest BCUT2D eigenvalue weighted by atomic mass is 9.91. The van der Waals surface area contributed by atoms with Gasteiger partial charge in [0.25, 0.3) is 0 Å². The highest BCUT2D eigenvalue weighted by atomic mass is 16.5. The highest BCUT2D eigenvalue weighted by molar-refractivity contribution is 5.45. The van der Waals surface area contributed by atoms with Crippen LogP contribution in [0.1, 0.15) is 51.0 Å². The molecule has 144 valence electrons. The first-order valence-electron chi connectivity index (χ1n) is 9.70. The number of hydrogen-bond donors (Lipinski definition) is 0. The lowest BCUT2D eigenvalue weighted by molar-refractivity contribution is 0.396. The molecule has 2 aliphatic rings. The molecule has 2 aromatic rings. The van der Waals surface area contributed by atoms with Gasteiger partial charge in [0, 0.05) is 55.8 Å². The molecule has 1 saturated carbocycles. The number of methoxy groups -OCH3 is 1. The highest BCUT2D eigenvalue weighted by Gasteiger charge is 2.30. The molecule has 7 heteroatoms. The molecule has 1 aliphatic heterocycles. The van der Waals surface area contributed by atoms with Crippen molar-refractivity contribution in [2.75, 3.05) is 43.1 Å². The predicted octanol–water partition coefficient (Wildman–Crippen LogP) is 2.78. The third kappa shape index (κ3) is 3.96. The van der Waals surface area contributed by atoms with Crippen LogP contribution in [0.3, 0.4) is 0 Å². The van der Waals surface area contributed by atoms with Gasteiger partial charge in [0.05, 0.1) is 12.8 Å². The summed E-state index contributed by atoms with van der Waals surface area (Å²) in [5, 5.41) is 0. The molecule has 0 atom stereocenters. The summed E-state index contributed by atoms with van der Waals surface area (Å²) < 4.78 is 5.22. The smallest absolute Gasteiger partial charge is 0.228 e. The zero-order chi connectivity index (χ0) is 19.0. The van der Waals surface area contributed by atoms with Crippen LogP contribution in [0.2, 0.25) is 0 Å². The molecule has 4 rings (SSSR count). The molecular weight excluding hydrogens is 340 g/mol. The molecule has 7 nitrogen and oxygen atoms in total. The molecule has 0 radical (unpaired) electrons. The Bertz CT molecular complexity index is 806. The third-order valence-electron chi connectivity index (χ3n) is 5.15. The Morgan fingerprint density at radius 3 is 2.33 bits per heavy atom. The van der Waals surface area contributed by atoms with E-state index in [1.165, 1.54) is 12.8 Å². The summed E-state index contributed by atoms with van der Waals surface area (Å²) in [6.07, 6.45) is 4.18. The minimum Gasteiger partial charge on any atom is -0.481 e. The molecule has 27 heavy (non-hydrogen) atoms. The number of aromatic nitrogens is 4. The van der Waals surface area contributed by atoms with Gasteiger partial charge in [-0.15, -0.1) is 0 Å². The zero-order valence-corrected chi connectivity index (χ0v) is 16.6. The summed E-state index contributed by atoms with van der Waals surface area (Å²) in [6.45, 7) is 10.2. The third-order valence-corrected chi connectivity index (χ3v) is 5.15. The van der Waals surface area contributed by atoms with Crippen molar-refractivity contribution in [1.82, 2.24) is 19.9 Å². The quantitative estimate of drug-likeness (QED) is 0.822. The largest absolute Gasteiger partial charge is 0.481 e. The van der Waals surface area contributed by atoms with E-state index < -0.39 is 0 Å². The van der Waals surface area contributed by atoms with Crippen LogP contribution in [0.15, 0.2) is 18.3 Å². The molecule has 2 aromatic heterocycles. The molecule has 0 spiro atoms. The molecule has 0 N–H and O–H groups in total. The van der Waals surface area contributed by atoms with Crippen LogP contribution in [0, 0.1) is 0 Å². The average molecular weight is 368 g/mol. The van der Waals surface area contributed by atoms with Gasteiger partial charge < -0.3 is 14.5 Å². The van der Waals surface area contributed by atoms with E-state index in [0.29, 0.717) is 11.8 Å². The van der Waals surface area contributed by atoms with Gasteiger partial charge in [-0.2, -0.15) is 4.98 Å². The fourth-order valence-corrected chi connectivity index (χ4v) is 3.26. The summed E-state index contributed by atoms with van der Waals surface area (Å²) in [6, 6.07) is 3.94. The first kappa shape index (κ1) is 17.9. The maximum atomic E-state index is 5.22. The monoisotopic (exact) mass is 368 g/mol. The molecule has 0 amide bonds. The first-order valence-corrected chi connectivity index (χ1v) is 9.70. The normalized spacial score (nSPS) is 17.9. The second kappa shape index (κ2) is 6.94. The van der Waals surface area contributed by atoms with Gasteiger partial charge in [-0.25, -0.2) is 15.0 Å². The Balaban J connectivity index is 1.51. The van der Waals surface area contributed by atoms with Gasteiger partial charge in [0.15, 0.2) is 0 Å². The molecule has 0 aromatic carbocycles. The van der Waals surface area contributed by atoms with E-state index in [4.69, 9.17) is 14.7 Å². The van der Waals surface area contributed by atoms with Crippen molar-refractivity contribution in [2.45, 2.75) is 44.9 Å². The topological polar surface area (TPSA) is 67.3 Å². The minimum absolute atomic E-state index is 0.0254. The Morgan fingerprint density at radius 2 is 1.70 bits per heavy atom.